The van der Waals surface area contributed by atoms with Gasteiger partial charge in [-0.25, -0.2) is 0 Å². The van der Waals surface area contributed by atoms with Gasteiger partial charge in [0.05, 0.1) is 0 Å². The zero-order valence-electron chi connectivity index (χ0n) is 18.4. The van der Waals surface area contributed by atoms with Crippen LogP contribution in [0, 0.1) is 0 Å². The molecule has 0 bridgehead atoms. The SMILES string of the molecule is C=C.C=C.C=C.c1ccc([B-](c2ccccc2)(c2ccccc2)c2ccccc2)cc1. The third-order valence-electron chi connectivity index (χ3n) is 5.20. The number of rotatable bonds is 4. The molecule has 0 unspecified atom stereocenters. The summed E-state index contributed by atoms with van der Waals surface area (Å²) < 4.78 is 0. The summed E-state index contributed by atoms with van der Waals surface area (Å²) in [4.78, 5) is 0. The number of hydrogen-bond acceptors (Lipinski definition) is 0. The Kier molecular flexibility index (Phi) is 11.5. The van der Waals surface area contributed by atoms with Gasteiger partial charge >= 0.3 is 0 Å². The zero-order chi connectivity index (χ0) is 23.0. The molecule has 0 aliphatic heterocycles. The van der Waals surface area contributed by atoms with Crippen LogP contribution in [0.15, 0.2) is 161 Å². The molecule has 0 atom stereocenters. The van der Waals surface area contributed by atoms with Gasteiger partial charge in [0.15, 0.2) is 0 Å². The number of benzene rings is 4. The second-order valence-electron chi connectivity index (χ2n) is 6.51. The molecular formula is C30H32B-. The fraction of sp³-hybridized carbons (Fsp3) is 0. The quantitative estimate of drug-likeness (QED) is 0.313. The van der Waals surface area contributed by atoms with Gasteiger partial charge in [-0.15, -0.1) is 39.5 Å². The van der Waals surface area contributed by atoms with Crippen LogP contribution in [-0.2, 0) is 0 Å². The van der Waals surface area contributed by atoms with E-state index >= 15 is 0 Å². The van der Waals surface area contributed by atoms with Crippen LogP contribution in [0.5, 0.6) is 0 Å². The van der Waals surface area contributed by atoms with Crippen molar-refractivity contribution in [3.05, 3.63) is 161 Å². The predicted molar refractivity (Wildman–Crippen MR) is 144 cm³/mol. The van der Waals surface area contributed by atoms with E-state index in [9.17, 15) is 0 Å². The summed E-state index contributed by atoms with van der Waals surface area (Å²) in [5.74, 6) is 0. The van der Waals surface area contributed by atoms with Gasteiger partial charge in [0.2, 0.25) is 0 Å². The van der Waals surface area contributed by atoms with Gasteiger partial charge in [-0.1, -0.05) is 121 Å². The second-order valence-corrected chi connectivity index (χ2v) is 6.51. The maximum absolute atomic E-state index is 3.00. The number of hydrogen-bond donors (Lipinski definition) is 0. The molecule has 0 radical (unpaired) electrons. The van der Waals surface area contributed by atoms with Crippen LogP contribution in [0.2, 0.25) is 0 Å². The Labute approximate surface area is 188 Å². The third kappa shape index (κ3) is 5.61. The normalized spacial score (nSPS) is 9.42. The van der Waals surface area contributed by atoms with Gasteiger partial charge < -0.3 is 0 Å². The van der Waals surface area contributed by atoms with E-state index < -0.39 is 6.15 Å². The Hall–Kier alpha value is -3.84. The van der Waals surface area contributed by atoms with Crippen LogP contribution in [0.1, 0.15) is 0 Å². The minimum Gasteiger partial charge on any atom is -0.195 e. The summed E-state index contributed by atoms with van der Waals surface area (Å²) in [5, 5.41) is 0. The van der Waals surface area contributed by atoms with Gasteiger partial charge in [0.25, 0.3) is 0 Å². The molecule has 0 heterocycles. The van der Waals surface area contributed by atoms with Gasteiger partial charge in [-0.05, 0) is 0 Å². The van der Waals surface area contributed by atoms with Crippen LogP contribution >= 0.6 is 0 Å². The van der Waals surface area contributed by atoms with E-state index in [1.54, 1.807) is 0 Å². The first kappa shape index (κ1) is 25.2. The highest BCUT2D eigenvalue weighted by Crippen LogP contribution is 2.09. The monoisotopic (exact) mass is 403 g/mol. The van der Waals surface area contributed by atoms with Crippen LogP contribution < -0.4 is 21.9 Å². The first-order chi connectivity index (χ1) is 15.4. The summed E-state index contributed by atoms with van der Waals surface area (Å²) in [6.45, 7) is 18.0. The molecule has 31 heavy (non-hydrogen) atoms. The van der Waals surface area contributed by atoms with Crippen molar-refractivity contribution in [1.82, 2.24) is 0 Å². The molecule has 4 aromatic carbocycles. The maximum atomic E-state index is 3.00. The van der Waals surface area contributed by atoms with Gasteiger partial charge in [-0.3, -0.25) is 0 Å². The molecule has 0 aliphatic rings. The largest absolute Gasteiger partial charge is 0.195 e. The molecule has 4 aromatic rings. The predicted octanol–water partition coefficient (Wildman–Crippen LogP) is 5.47. The fourth-order valence-corrected chi connectivity index (χ4v) is 4.12. The van der Waals surface area contributed by atoms with E-state index in [2.05, 4.69) is 161 Å². The van der Waals surface area contributed by atoms with Crippen LogP contribution in [-0.4, -0.2) is 6.15 Å². The molecule has 0 fully saturated rings. The lowest BCUT2D eigenvalue weighted by atomic mass is 9.13. The Morgan fingerprint density at radius 2 is 0.452 bits per heavy atom. The zero-order valence-corrected chi connectivity index (χ0v) is 18.4. The van der Waals surface area contributed by atoms with E-state index in [0.29, 0.717) is 0 Å². The second kappa shape index (κ2) is 14.2. The smallest absolute Gasteiger partial charge is 0.108 e. The molecule has 0 aliphatic carbocycles. The van der Waals surface area contributed by atoms with Crippen molar-refractivity contribution in [2.75, 3.05) is 0 Å². The highest BCUT2D eigenvalue weighted by molar-refractivity contribution is 7.19. The van der Waals surface area contributed by atoms with Crippen LogP contribution in [0.3, 0.4) is 0 Å². The molecule has 1 heteroatoms. The van der Waals surface area contributed by atoms with Gasteiger partial charge in [-0.2, -0.15) is 21.9 Å². The molecule has 0 saturated carbocycles. The highest BCUT2D eigenvalue weighted by Gasteiger charge is 2.30. The van der Waals surface area contributed by atoms with Crippen molar-refractivity contribution < 1.29 is 0 Å². The molecular weight excluding hydrogens is 371 g/mol. The highest BCUT2D eigenvalue weighted by atomic mass is 14.1. The molecule has 0 amide bonds. The molecule has 0 aromatic heterocycles. The molecule has 0 N–H and O–H groups in total. The van der Waals surface area contributed by atoms with Crippen molar-refractivity contribution in [3.8, 4) is 0 Å². The average molecular weight is 403 g/mol. The van der Waals surface area contributed by atoms with Crippen molar-refractivity contribution in [1.29, 1.82) is 0 Å². The van der Waals surface area contributed by atoms with Crippen molar-refractivity contribution in [3.63, 3.8) is 0 Å². The summed E-state index contributed by atoms with van der Waals surface area (Å²) >= 11 is 0. The van der Waals surface area contributed by atoms with E-state index in [4.69, 9.17) is 0 Å². The van der Waals surface area contributed by atoms with Crippen LogP contribution in [0.4, 0.5) is 0 Å². The molecule has 0 spiro atoms. The topological polar surface area (TPSA) is 0 Å². The standard InChI is InChI=1S/C24H20B.3C2H4/c1-5-13-21(14-6-1)25(22-15-7-2-8-16-22,23-17-9-3-10-18-23)24-19-11-4-12-20-24;3*1-2/h1-20H;3*1-2H2/q-1;;;. The summed E-state index contributed by atoms with van der Waals surface area (Å²) in [7, 11) is 0. The Morgan fingerprint density at radius 3 is 0.613 bits per heavy atom. The first-order valence-electron chi connectivity index (χ1n) is 10.3. The average Bonchev–Trinajstić information content (AvgIpc) is 2.91. The van der Waals surface area contributed by atoms with Gasteiger partial charge in [0.1, 0.15) is 6.15 Å². The fourth-order valence-electron chi connectivity index (χ4n) is 4.12. The van der Waals surface area contributed by atoms with Gasteiger partial charge in [0, 0.05) is 0 Å². The Balaban J connectivity index is 0.000000739. The van der Waals surface area contributed by atoms with Crippen molar-refractivity contribution >= 4 is 28.0 Å². The lowest BCUT2D eigenvalue weighted by Gasteiger charge is -2.44. The molecule has 4 rings (SSSR count). The van der Waals surface area contributed by atoms with E-state index in [-0.39, 0.29) is 0 Å². The van der Waals surface area contributed by atoms with E-state index in [1.165, 1.54) is 21.9 Å². The maximum Gasteiger partial charge on any atom is 0.108 e. The first-order valence-corrected chi connectivity index (χ1v) is 10.3. The lowest BCUT2D eigenvalue weighted by Crippen LogP contribution is -2.74. The lowest BCUT2D eigenvalue weighted by molar-refractivity contribution is 1.66. The molecule has 0 nitrogen and oxygen atoms in total. The molecule has 0 saturated heterocycles. The summed E-state index contributed by atoms with van der Waals surface area (Å²) in [5.41, 5.74) is 5.36. The van der Waals surface area contributed by atoms with E-state index in [0.717, 1.165) is 0 Å². The van der Waals surface area contributed by atoms with Crippen molar-refractivity contribution in [2.24, 2.45) is 0 Å². The third-order valence-corrected chi connectivity index (χ3v) is 5.20. The Bertz CT molecular complexity index is 796. The van der Waals surface area contributed by atoms with E-state index in [1.807, 2.05) is 0 Å². The van der Waals surface area contributed by atoms with Crippen LogP contribution in [0.25, 0.3) is 0 Å². The summed E-state index contributed by atoms with van der Waals surface area (Å²) in [6.07, 6.45) is -1.22. The van der Waals surface area contributed by atoms with Crippen molar-refractivity contribution in [2.45, 2.75) is 0 Å². The minimum absolute atomic E-state index is 1.22. The Morgan fingerprint density at radius 1 is 0.290 bits per heavy atom. The summed E-state index contributed by atoms with van der Waals surface area (Å²) in [6, 6.07) is 43.5. The minimum atomic E-state index is -1.22. The molecule has 156 valence electrons.